The molecule has 0 atom stereocenters. The predicted molar refractivity (Wildman–Crippen MR) is 80.9 cm³/mol. The van der Waals surface area contributed by atoms with Crippen LogP contribution in [0.2, 0.25) is 0 Å². The van der Waals surface area contributed by atoms with E-state index in [0.29, 0.717) is 5.92 Å². The van der Waals surface area contributed by atoms with Gasteiger partial charge >= 0.3 is 0 Å². The molecule has 0 saturated heterocycles. The van der Waals surface area contributed by atoms with Gasteiger partial charge in [-0.15, -0.1) is 0 Å². The first-order valence-electron chi connectivity index (χ1n) is 6.66. The third kappa shape index (κ3) is 3.75. The third-order valence-corrected chi connectivity index (χ3v) is 3.21. The van der Waals surface area contributed by atoms with Crippen LogP contribution in [0, 0.1) is 0 Å². The van der Waals surface area contributed by atoms with Crippen LogP contribution in [0.25, 0.3) is 0 Å². The molecule has 0 heterocycles. The number of nitrogens with one attached hydrogen (secondary N) is 1. The van der Waals surface area contributed by atoms with Crippen molar-refractivity contribution < 1.29 is 4.74 Å². The molecular formula is C17H21NO. The largest absolute Gasteiger partial charge is 0.497 e. The molecular weight excluding hydrogens is 234 g/mol. The highest BCUT2D eigenvalue weighted by Crippen LogP contribution is 2.18. The van der Waals surface area contributed by atoms with Crippen LogP contribution in [0.4, 0.5) is 5.69 Å². The lowest BCUT2D eigenvalue weighted by Crippen LogP contribution is -2.00. The zero-order valence-electron chi connectivity index (χ0n) is 11.8. The summed E-state index contributed by atoms with van der Waals surface area (Å²) in [5, 5.41) is 3.42. The quantitative estimate of drug-likeness (QED) is 0.853. The molecule has 0 aromatic heterocycles. The SMILES string of the molecule is COc1cccc(CNc2ccc(C(C)C)cc2)c1. The molecule has 1 N–H and O–H groups in total. The summed E-state index contributed by atoms with van der Waals surface area (Å²) in [7, 11) is 1.69. The average molecular weight is 255 g/mol. The highest BCUT2D eigenvalue weighted by Gasteiger charge is 1.99. The van der Waals surface area contributed by atoms with Crippen molar-refractivity contribution in [3.63, 3.8) is 0 Å². The Morgan fingerprint density at radius 3 is 2.42 bits per heavy atom. The fraction of sp³-hybridized carbons (Fsp3) is 0.294. The molecule has 100 valence electrons. The van der Waals surface area contributed by atoms with Gasteiger partial charge in [0.15, 0.2) is 0 Å². The van der Waals surface area contributed by atoms with Gasteiger partial charge in [0.25, 0.3) is 0 Å². The first-order valence-corrected chi connectivity index (χ1v) is 6.66. The first-order chi connectivity index (χ1) is 9.19. The Balaban J connectivity index is 1.98. The van der Waals surface area contributed by atoms with Crippen molar-refractivity contribution >= 4 is 5.69 Å². The van der Waals surface area contributed by atoms with Gasteiger partial charge in [-0.2, -0.15) is 0 Å². The summed E-state index contributed by atoms with van der Waals surface area (Å²) < 4.78 is 5.22. The Kier molecular flexibility index (Phi) is 4.45. The first kappa shape index (κ1) is 13.5. The van der Waals surface area contributed by atoms with Gasteiger partial charge in [-0.25, -0.2) is 0 Å². The van der Waals surface area contributed by atoms with Crippen molar-refractivity contribution in [2.45, 2.75) is 26.3 Å². The summed E-state index contributed by atoms with van der Waals surface area (Å²) in [5.41, 5.74) is 3.73. The van der Waals surface area contributed by atoms with Crippen LogP contribution in [-0.2, 0) is 6.54 Å². The molecule has 0 aliphatic carbocycles. The fourth-order valence-electron chi connectivity index (χ4n) is 1.97. The minimum absolute atomic E-state index is 0.576. The second-order valence-corrected chi connectivity index (χ2v) is 4.98. The van der Waals surface area contributed by atoms with E-state index in [1.165, 1.54) is 11.1 Å². The van der Waals surface area contributed by atoms with Crippen LogP contribution in [0.15, 0.2) is 48.5 Å². The van der Waals surface area contributed by atoms with Crippen molar-refractivity contribution in [1.82, 2.24) is 0 Å². The Bertz CT molecular complexity index is 517. The summed E-state index contributed by atoms with van der Waals surface area (Å²) >= 11 is 0. The molecule has 0 radical (unpaired) electrons. The zero-order chi connectivity index (χ0) is 13.7. The smallest absolute Gasteiger partial charge is 0.119 e. The summed E-state index contributed by atoms with van der Waals surface area (Å²) in [6.07, 6.45) is 0. The summed E-state index contributed by atoms with van der Waals surface area (Å²) in [4.78, 5) is 0. The second kappa shape index (κ2) is 6.28. The summed E-state index contributed by atoms with van der Waals surface area (Å²) in [6, 6.07) is 16.7. The van der Waals surface area contributed by atoms with E-state index in [1.54, 1.807) is 7.11 Å². The Hall–Kier alpha value is -1.96. The van der Waals surface area contributed by atoms with E-state index in [4.69, 9.17) is 4.74 Å². The molecule has 19 heavy (non-hydrogen) atoms. The molecule has 0 amide bonds. The summed E-state index contributed by atoms with van der Waals surface area (Å²) in [6.45, 7) is 5.22. The van der Waals surface area contributed by atoms with Gasteiger partial charge in [0.05, 0.1) is 7.11 Å². The van der Waals surface area contributed by atoms with Crippen molar-refractivity contribution in [3.8, 4) is 5.75 Å². The van der Waals surface area contributed by atoms with Gasteiger partial charge in [0.1, 0.15) is 5.75 Å². The molecule has 0 unspecified atom stereocenters. The Morgan fingerprint density at radius 1 is 1.05 bits per heavy atom. The number of methoxy groups -OCH3 is 1. The Labute approximate surface area is 115 Å². The lowest BCUT2D eigenvalue weighted by Gasteiger charge is -2.10. The molecule has 0 saturated carbocycles. The molecule has 0 bridgehead atoms. The van der Waals surface area contributed by atoms with E-state index in [0.717, 1.165) is 18.0 Å². The molecule has 2 aromatic rings. The van der Waals surface area contributed by atoms with Crippen LogP contribution in [0.1, 0.15) is 30.9 Å². The standard InChI is InChI=1S/C17H21NO/c1-13(2)15-7-9-16(10-8-15)18-12-14-5-4-6-17(11-14)19-3/h4-11,13,18H,12H2,1-3H3. The molecule has 2 rings (SSSR count). The van der Waals surface area contributed by atoms with Gasteiger partial charge < -0.3 is 10.1 Å². The molecule has 0 aliphatic heterocycles. The van der Waals surface area contributed by atoms with E-state index >= 15 is 0 Å². The fourth-order valence-corrected chi connectivity index (χ4v) is 1.97. The van der Waals surface area contributed by atoms with Crippen molar-refractivity contribution in [2.75, 3.05) is 12.4 Å². The van der Waals surface area contributed by atoms with Gasteiger partial charge in [-0.05, 0) is 41.3 Å². The molecule has 0 aliphatic rings. The van der Waals surface area contributed by atoms with Crippen molar-refractivity contribution in [1.29, 1.82) is 0 Å². The number of anilines is 1. The maximum absolute atomic E-state index is 5.22. The highest BCUT2D eigenvalue weighted by molar-refractivity contribution is 5.46. The number of benzene rings is 2. The number of hydrogen-bond acceptors (Lipinski definition) is 2. The third-order valence-electron chi connectivity index (χ3n) is 3.21. The Morgan fingerprint density at radius 2 is 1.79 bits per heavy atom. The van der Waals surface area contributed by atoms with Crippen LogP contribution in [0.3, 0.4) is 0 Å². The van der Waals surface area contributed by atoms with E-state index in [9.17, 15) is 0 Å². The number of ether oxygens (including phenoxy) is 1. The van der Waals surface area contributed by atoms with E-state index in [1.807, 2.05) is 12.1 Å². The van der Waals surface area contributed by atoms with Crippen LogP contribution in [0.5, 0.6) is 5.75 Å². The topological polar surface area (TPSA) is 21.3 Å². The average Bonchev–Trinajstić information content (AvgIpc) is 2.46. The number of hydrogen-bond donors (Lipinski definition) is 1. The molecule has 0 spiro atoms. The molecule has 2 nitrogen and oxygen atoms in total. The normalized spacial score (nSPS) is 10.5. The van der Waals surface area contributed by atoms with E-state index < -0.39 is 0 Å². The van der Waals surface area contributed by atoms with E-state index in [2.05, 4.69) is 55.6 Å². The van der Waals surface area contributed by atoms with Crippen LogP contribution < -0.4 is 10.1 Å². The highest BCUT2D eigenvalue weighted by atomic mass is 16.5. The maximum Gasteiger partial charge on any atom is 0.119 e. The monoisotopic (exact) mass is 255 g/mol. The lowest BCUT2D eigenvalue weighted by atomic mass is 10.0. The molecule has 2 heteroatoms. The zero-order valence-corrected chi connectivity index (χ0v) is 11.8. The minimum Gasteiger partial charge on any atom is -0.497 e. The van der Waals surface area contributed by atoms with Crippen LogP contribution in [-0.4, -0.2) is 7.11 Å². The van der Waals surface area contributed by atoms with Crippen molar-refractivity contribution in [2.24, 2.45) is 0 Å². The van der Waals surface area contributed by atoms with Gasteiger partial charge in [0.2, 0.25) is 0 Å². The lowest BCUT2D eigenvalue weighted by molar-refractivity contribution is 0.414. The van der Waals surface area contributed by atoms with E-state index in [-0.39, 0.29) is 0 Å². The van der Waals surface area contributed by atoms with Gasteiger partial charge in [0, 0.05) is 12.2 Å². The minimum atomic E-state index is 0.576. The second-order valence-electron chi connectivity index (χ2n) is 4.98. The molecule has 0 fully saturated rings. The molecule has 2 aromatic carbocycles. The maximum atomic E-state index is 5.22. The summed E-state index contributed by atoms with van der Waals surface area (Å²) in [5.74, 6) is 1.47. The van der Waals surface area contributed by atoms with Gasteiger partial charge in [-0.3, -0.25) is 0 Å². The van der Waals surface area contributed by atoms with Crippen LogP contribution >= 0.6 is 0 Å². The van der Waals surface area contributed by atoms with Crippen molar-refractivity contribution in [3.05, 3.63) is 59.7 Å². The predicted octanol–water partition coefficient (Wildman–Crippen LogP) is 4.43. The number of rotatable bonds is 5. The van der Waals surface area contributed by atoms with Gasteiger partial charge in [-0.1, -0.05) is 38.1 Å².